The standard InChI is InChI=1S/C22H27N3O6S2/c1-16-5-4-6-19(17(16)2)23-10-12-24(13-11-23)33(29,30)21-15-18(7-8-20(21)31-3)25-22(26)9-14-32(25,27)28/h4-8,15H,9-14H2,1-3H3. The average Bonchev–Trinajstić information content (AvgIpc) is 3.07. The van der Waals surface area contributed by atoms with Crippen LogP contribution in [-0.2, 0) is 24.8 Å². The monoisotopic (exact) mass is 493 g/mol. The van der Waals surface area contributed by atoms with Crippen molar-refractivity contribution in [3.05, 3.63) is 47.5 Å². The van der Waals surface area contributed by atoms with Crippen molar-refractivity contribution in [3.8, 4) is 5.75 Å². The fourth-order valence-corrected chi connectivity index (χ4v) is 7.30. The highest BCUT2D eigenvalue weighted by Crippen LogP contribution is 2.35. The van der Waals surface area contributed by atoms with Crippen LogP contribution in [0, 0.1) is 13.8 Å². The number of hydrogen-bond donors (Lipinski definition) is 0. The molecule has 0 radical (unpaired) electrons. The average molecular weight is 494 g/mol. The predicted molar refractivity (Wildman–Crippen MR) is 126 cm³/mol. The predicted octanol–water partition coefficient (Wildman–Crippen LogP) is 1.89. The first-order valence-corrected chi connectivity index (χ1v) is 13.7. The Labute approximate surface area is 194 Å². The molecule has 2 aromatic rings. The van der Waals surface area contributed by atoms with Crippen LogP contribution in [-0.4, -0.2) is 66.1 Å². The highest BCUT2D eigenvalue weighted by Gasteiger charge is 2.38. The second-order valence-corrected chi connectivity index (χ2v) is 12.0. The molecule has 33 heavy (non-hydrogen) atoms. The van der Waals surface area contributed by atoms with Crippen LogP contribution in [0.15, 0.2) is 41.3 Å². The van der Waals surface area contributed by atoms with Gasteiger partial charge in [-0.1, -0.05) is 12.1 Å². The first kappa shape index (κ1) is 23.5. The van der Waals surface area contributed by atoms with Crippen LogP contribution in [0.3, 0.4) is 0 Å². The first-order valence-electron chi connectivity index (χ1n) is 10.6. The fourth-order valence-electron chi connectivity index (χ4n) is 4.25. The molecule has 0 aliphatic carbocycles. The Morgan fingerprint density at radius 1 is 1.00 bits per heavy atom. The number of benzene rings is 2. The van der Waals surface area contributed by atoms with Crippen molar-refractivity contribution in [3.63, 3.8) is 0 Å². The summed E-state index contributed by atoms with van der Waals surface area (Å²) < 4.78 is 59.0. The summed E-state index contributed by atoms with van der Waals surface area (Å²) in [5.74, 6) is -0.772. The largest absolute Gasteiger partial charge is 0.495 e. The third-order valence-electron chi connectivity index (χ3n) is 6.23. The summed E-state index contributed by atoms with van der Waals surface area (Å²) in [7, 11) is -6.45. The Kier molecular flexibility index (Phi) is 6.14. The van der Waals surface area contributed by atoms with E-state index in [0.29, 0.717) is 17.4 Å². The molecule has 178 valence electrons. The Balaban J connectivity index is 1.62. The van der Waals surface area contributed by atoms with Crippen LogP contribution in [0.2, 0.25) is 0 Å². The van der Waals surface area contributed by atoms with Crippen molar-refractivity contribution < 1.29 is 26.4 Å². The normalized spacial score (nSPS) is 19.2. The smallest absolute Gasteiger partial charge is 0.246 e. The van der Waals surface area contributed by atoms with Crippen molar-refractivity contribution in [2.75, 3.05) is 48.2 Å². The highest BCUT2D eigenvalue weighted by molar-refractivity contribution is 7.94. The molecule has 2 aliphatic rings. The van der Waals surface area contributed by atoms with Crippen LogP contribution in [0.4, 0.5) is 11.4 Å². The van der Waals surface area contributed by atoms with E-state index in [0.717, 1.165) is 5.69 Å². The summed E-state index contributed by atoms with van der Waals surface area (Å²) in [6, 6.07) is 10.1. The van der Waals surface area contributed by atoms with Gasteiger partial charge in [0, 0.05) is 38.3 Å². The lowest BCUT2D eigenvalue weighted by Gasteiger charge is -2.36. The number of rotatable bonds is 5. The maximum absolute atomic E-state index is 13.5. The minimum absolute atomic E-state index is 0.00546. The number of carbonyl (C=O) groups is 1. The molecule has 0 aromatic heterocycles. The molecule has 0 bridgehead atoms. The molecular formula is C22H27N3O6S2. The topological polar surface area (TPSA) is 104 Å². The van der Waals surface area contributed by atoms with Crippen LogP contribution in [0.25, 0.3) is 0 Å². The zero-order valence-electron chi connectivity index (χ0n) is 18.8. The highest BCUT2D eigenvalue weighted by atomic mass is 32.2. The molecule has 0 N–H and O–H groups in total. The molecule has 2 saturated heterocycles. The number of sulfonamides is 2. The number of ether oxygens (including phenoxy) is 1. The summed E-state index contributed by atoms with van der Waals surface area (Å²) >= 11 is 0. The van der Waals surface area contributed by atoms with Gasteiger partial charge in [-0.3, -0.25) is 4.79 Å². The van der Waals surface area contributed by atoms with E-state index in [1.807, 2.05) is 25.1 Å². The molecule has 0 unspecified atom stereocenters. The third kappa shape index (κ3) is 4.20. The van der Waals surface area contributed by atoms with Gasteiger partial charge in [0.25, 0.3) is 0 Å². The van der Waals surface area contributed by atoms with Gasteiger partial charge in [-0.25, -0.2) is 21.1 Å². The Bertz CT molecular complexity index is 1300. The van der Waals surface area contributed by atoms with Gasteiger partial charge >= 0.3 is 0 Å². The molecule has 1 amide bonds. The molecule has 2 aromatic carbocycles. The van der Waals surface area contributed by atoms with E-state index in [1.54, 1.807) is 0 Å². The van der Waals surface area contributed by atoms with Gasteiger partial charge < -0.3 is 9.64 Å². The molecular weight excluding hydrogens is 466 g/mol. The van der Waals surface area contributed by atoms with E-state index in [2.05, 4.69) is 11.8 Å². The molecule has 2 aliphatic heterocycles. The van der Waals surface area contributed by atoms with Crippen molar-refractivity contribution in [1.82, 2.24) is 4.31 Å². The van der Waals surface area contributed by atoms with Crippen LogP contribution in [0.5, 0.6) is 5.75 Å². The summed E-state index contributed by atoms with van der Waals surface area (Å²) in [4.78, 5) is 14.2. The second-order valence-electron chi connectivity index (χ2n) is 8.17. The molecule has 2 fully saturated rings. The van der Waals surface area contributed by atoms with Crippen molar-refractivity contribution >= 4 is 37.3 Å². The van der Waals surface area contributed by atoms with Crippen molar-refractivity contribution in [2.45, 2.75) is 25.2 Å². The van der Waals surface area contributed by atoms with Gasteiger partial charge in [-0.15, -0.1) is 0 Å². The summed E-state index contributed by atoms with van der Waals surface area (Å²) in [6.45, 7) is 5.67. The van der Waals surface area contributed by atoms with Gasteiger partial charge in [0.2, 0.25) is 26.0 Å². The zero-order valence-corrected chi connectivity index (χ0v) is 20.4. The lowest BCUT2D eigenvalue weighted by atomic mass is 10.1. The minimum Gasteiger partial charge on any atom is -0.495 e. The van der Waals surface area contributed by atoms with Crippen LogP contribution < -0.4 is 13.9 Å². The number of aryl methyl sites for hydroxylation is 1. The first-order chi connectivity index (χ1) is 15.6. The van der Waals surface area contributed by atoms with E-state index in [-0.39, 0.29) is 41.6 Å². The Hall–Kier alpha value is -2.63. The number of piperazine rings is 1. The minimum atomic E-state index is -3.99. The molecule has 4 rings (SSSR count). The molecule has 0 atom stereocenters. The van der Waals surface area contributed by atoms with E-state index >= 15 is 0 Å². The van der Waals surface area contributed by atoms with E-state index in [4.69, 9.17) is 4.74 Å². The quantitative estimate of drug-likeness (QED) is 0.626. The molecule has 0 spiro atoms. The summed E-state index contributed by atoms with van der Waals surface area (Å²) in [6.07, 6.45) is -0.128. The Morgan fingerprint density at radius 3 is 2.30 bits per heavy atom. The summed E-state index contributed by atoms with van der Waals surface area (Å²) in [5, 5.41) is 0. The van der Waals surface area contributed by atoms with Gasteiger partial charge in [-0.2, -0.15) is 4.31 Å². The number of amides is 1. The molecule has 2 heterocycles. The lowest BCUT2D eigenvalue weighted by Crippen LogP contribution is -2.49. The maximum atomic E-state index is 13.5. The second kappa shape index (κ2) is 8.62. The Morgan fingerprint density at radius 2 is 1.70 bits per heavy atom. The van der Waals surface area contributed by atoms with Gasteiger partial charge in [0.1, 0.15) is 10.6 Å². The number of hydrogen-bond acceptors (Lipinski definition) is 7. The van der Waals surface area contributed by atoms with Crippen LogP contribution in [0.1, 0.15) is 17.5 Å². The van der Waals surface area contributed by atoms with Crippen molar-refractivity contribution in [1.29, 1.82) is 0 Å². The van der Waals surface area contributed by atoms with Gasteiger partial charge in [0.05, 0.1) is 18.6 Å². The number of carbonyl (C=O) groups excluding carboxylic acids is 1. The molecule has 0 saturated carbocycles. The zero-order chi connectivity index (χ0) is 24.0. The van der Waals surface area contributed by atoms with E-state index in [1.165, 1.54) is 40.7 Å². The molecule has 9 nitrogen and oxygen atoms in total. The number of nitrogens with zero attached hydrogens (tertiary/aromatic N) is 3. The van der Waals surface area contributed by atoms with E-state index < -0.39 is 26.0 Å². The number of methoxy groups -OCH3 is 1. The van der Waals surface area contributed by atoms with E-state index in [9.17, 15) is 21.6 Å². The lowest BCUT2D eigenvalue weighted by molar-refractivity contribution is -0.116. The fraction of sp³-hybridized carbons (Fsp3) is 0.409. The maximum Gasteiger partial charge on any atom is 0.246 e. The number of anilines is 2. The van der Waals surface area contributed by atoms with Gasteiger partial charge in [-0.05, 0) is 49.2 Å². The third-order valence-corrected chi connectivity index (χ3v) is 9.84. The SMILES string of the molecule is COc1ccc(N2C(=O)CCS2(=O)=O)cc1S(=O)(=O)N1CCN(c2cccc(C)c2C)CC1. The van der Waals surface area contributed by atoms with Crippen molar-refractivity contribution in [2.24, 2.45) is 0 Å². The molecule has 11 heteroatoms. The summed E-state index contributed by atoms with van der Waals surface area (Å²) in [5.41, 5.74) is 3.44. The van der Waals surface area contributed by atoms with Crippen LogP contribution >= 0.6 is 0 Å². The van der Waals surface area contributed by atoms with Gasteiger partial charge in [0.15, 0.2) is 0 Å².